The van der Waals surface area contributed by atoms with Gasteiger partial charge in [-0.05, 0) is 73.4 Å². The van der Waals surface area contributed by atoms with E-state index in [4.69, 9.17) is 18.4 Å². The molecule has 0 spiro atoms. The van der Waals surface area contributed by atoms with Crippen LogP contribution < -0.4 is 0 Å². The first-order chi connectivity index (χ1) is 11.1. The van der Waals surface area contributed by atoms with Crippen molar-refractivity contribution >= 4 is 8.56 Å². The maximum absolute atomic E-state index is 6.23. The molecular weight excluding hydrogens is 322 g/mol. The Labute approximate surface area is 150 Å². The Bertz CT molecular complexity index is 352. The summed E-state index contributed by atoms with van der Waals surface area (Å²) in [5.74, 6) is 0. The van der Waals surface area contributed by atoms with E-state index >= 15 is 0 Å². The molecule has 0 bridgehead atoms. The molecule has 24 heavy (non-hydrogen) atoms. The standard InChI is InChI=1S/C18H39NO4Si/c1-9-22-24(8,23-10-2)13-11-12-21-16-14-17(3,4)19(20-7)18(5,6)15-16/h16H,9-15H2,1-8H3. The minimum atomic E-state index is -2.02. The van der Waals surface area contributed by atoms with Gasteiger partial charge in [-0.25, -0.2) is 0 Å². The van der Waals surface area contributed by atoms with Gasteiger partial charge in [0, 0.05) is 30.9 Å². The predicted molar refractivity (Wildman–Crippen MR) is 100 cm³/mol. The van der Waals surface area contributed by atoms with E-state index in [2.05, 4.69) is 39.3 Å². The van der Waals surface area contributed by atoms with Crippen LogP contribution in [0.15, 0.2) is 0 Å². The van der Waals surface area contributed by atoms with Gasteiger partial charge in [0.05, 0.1) is 13.2 Å². The number of piperidine rings is 1. The SMILES string of the molecule is CCO[Si](C)(CCCOC1CC(C)(C)N(OC)C(C)(C)C1)OCC. The van der Waals surface area contributed by atoms with Gasteiger partial charge in [-0.2, -0.15) is 5.06 Å². The first-order valence-electron chi connectivity index (χ1n) is 9.34. The first kappa shape index (κ1) is 22.1. The third-order valence-corrected chi connectivity index (χ3v) is 7.83. The van der Waals surface area contributed by atoms with Crippen molar-refractivity contribution in [1.82, 2.24) is 5.06 Å². The van der Waals surface area contributed by atoms with Gasteiger partial charge in [0.2, 0.25) is 0 Å². The number of hydroxylamine groups is 2. The summed E-state index contributed by atoms with van der Waals surface area (Å²) in [4.78, 5) is 5.64. The van der Waals surface area contributed by atoms with Gasteiger partial charge in [0.15, 0.2) is 0 Å². The Kier molecular flexibility index (Phi) is 8.36. The second-order valence-electron chi connectivity index (χ2n) is 8.11. The van der Waals surface area contributed by atoms with Crippen molar-refractivity contribution in [3.05, 3.63) is 0 Å². The fourth-order valence-corrected chi connectivity index (χ4v) is 6.60. The van der Waals surface area contributed by atoms with E-state index in [0.29, 0.717) is 0 Å². The van der Waals surface area contributed by atoms with Crippen LogP contribution in [-0.2, 0) is 18.4 Å². The Morgan fingerprint density at radius 2 is 1.50 bits per heavy atom. The number of rotatable bonds is 10. The molecule has 1 aliphatic rings. The highest BCUT2D eigenvalue weighted by Crippen LogP contribution is 2.39. The molecule has 6 heteroatoms. The Morgan fingerprint density at radius 1 is 1.00 bits per heavy atom. The van der Waals surface area contributed by atoms with Gasteiger partial charge in [-0.15, -0.1) is 0 Å². The summed E-state index contributed by atoms with van der Waals surface area (Å²) in [6.45, 7) is 17.3. The maximum atomic E-state index is 6.23. The van der Waals surface area contributed by atoms with Crippen LogP contribution in [0.25, 0.3) is 0 Å². The molecule has 1 heterocycles. The third-order valence-electron chi connectivity index (χ3n) is 4.76. The summed E-state index contributed by atoms with van der Waals surface area (Å²) >= 11 is 0. The maximum Gasteiger partial charge on any atom is 0.334 e. The molecule has 0 aromatic rings. The van der Waals surface area contributed by atoms with Crippen LogP contribution >= 0.6 is 0 Å². The largest absolute Gasteiger partial charge is 0.395 e. The molecule has 0 N–H and O–H groups in total. The van der Waals surface area contributed by atoms with Crippen molar-refractivity contribution in [3.8, 4) is 0 Å². The number of nitrogens with zero attached hydrogens (tertiary/aromatic N) is 1. The molecule has 144 valence electrons. The summed E-state index contributed by atoms with van der Waals surface area (Å²) in [6, 6.07) is 0.985. The summed E-state index contributed by atoms with van der Waals surface area (Å²) in [7, 11) is -0.256. The van der Waals surface area contributed by atoms with Gasteiger partial charge < -0.3 is 18.4 Å². The lowest BCUT2D eigenvalue weighted by Gasteiger charge is -2.53. The van der Waals surface area contributed by atoms with E-state index < -0.39 is 8.56 Å². The van der Waals surface area contributed by atoms with E-state index in [0.717, 1.165) is 45.1 Å². The zero-order valence-corrected chi connectivity index (χ0v) is 18.1. The van der Waals surface area contributed by atoms with Crippen molar-refractivity contribution in [3.63, 3.8) is 0 Å². The van der Waals surface area contributed by atoms with Crippen molar-refractivity contribution in [1.29, 1.82) is 0 Å². The highest BCUT2D eigenvalue weighted by atomic mass is 28.4. The minimum Gasteiger partial charge on any atom is -0.395 e. The smallest absolute Gasteiger partial charge is 0.334 e. The van der Waals surface area contributed by atoms with E-state index in [9.17, 15) is 0 Å². The number of hydrogen-bond donors (Lipinski definition) is 0. The van der Waals surface area contributed by atoms with Crippen LogP contribution in [0.4, 0.5) is 0 Å². The van der Waals surface area contributed by atoms with E-state index in [1.54, 1.807) is 7.11 Å². The lowest BCUT2D eigenvalue weighted by molar-refractivity contribution is -0.279. The predicted octanol–water partition coefficient (Wildman–Crippen LogP) is 4.12. The fraction of sp³-hybridized carbons (Fsp3) is 1.00. The molecule has 0 unspecified atom stereocenters. The number of ether oxygens (including phenoxy) is 1. The molecule has 0 saturated carbocycles. The van der Waals surface area contributed by atoms with Crippen LogP contribution in [0.3, 0.4) is 0 Å². The molecule has 1 aliphatic heterocycles. The van der Waals surface area contributed by atoms with Crippen molar-refractivity contribution in [2.75, 3.05) is 26.9 Å². The topological polar surface area (TPSA) is 40.2 Å². The van der Waals surface area contributed by atoms with Crippen LogP contribution in [0, 0.1) is 0 Å². The average Bonchev–Trinajstić information content (AvgIpc) is 2.42. The van der Waals surface area contributed by atoms with Crippen molar-refractivity contribution < 1.29 is 18.4 Å². The summed E-state index contributed by atoms with van der Waals surface area (Å²) in [5.41, 5.74) is -0.0534. The third kappa shape index (κ3) is 6.07. The molecule has 0 aromatic carbocycles. The average molecular weight is 362 g/mol. The van der Waals surface area contributed by atoms with E-state index in [1.807, 2.05) is 13.8 Å². The fourth-order valence-electron chi connectivity index (χ4n) is 4.22. The molecule has 0 atom stereocenters. The highest BCUT2D eigenvalue weighted by Gasteiger charge is 2.46. The highest BCUT2D eigenvalue weighted by molar-refractivity contribution is 6.66. The van der Waals surface area contributed by atoms with Gasteiger partial charge in [-0.1, -0.05) is 0 Å². The molecule has 5 nitrogen and oxygen atoms in total. The van der Waals surface area contributed by atoms with Gasteiger partial charge in [0.1, 0.15) is 0 Å². The van der Waals surface area contributed by atoms with Gasteiger partial charge in [-0.3, -0.25) is 0 Å². The first-order valence-corrected chi connectivity index (χ1v) is 11.9. The summed E-state index contributed by atoms with van der Waals surface area (Å²) in [6.07, 6.45) is 3.23. The zero-order valence-electron chi connectivity index (χ0n) is 17.1. The van der Waals surface area contributed by atoms with Crippen LogP contribution in [0.5, 0.6) is 0 Å². The molecule has 1 fully saturated rings. The van der Waals surface area contributed by atoms with E-state index in [-0.39, 0.29) is 17.2 Å². The molecule has 1 saturated heterocycles. The van der Waals surface area contributed by atoms with Gasteiger partial charge >= 0.3 is 8.56 Å². The normalized spacial score (nSPS) is 22.0. The Balaban J connectivity index is 2.48. The van der Waals surface area contributed by atoms with Crippen LogP contribution in [0.2, 0.25) is 12.6 Å². The van der Waals surface area contributed by atoms with Crippen LogP contribution in [0.1, 0.15) is 60.8 Å². The molecule has 0 amide bonds. The zero-order chi connectivity index (χ0) is 18.4. The quantitative estimate of drug-likeness (QED) is 0.432. The summed E-state index contributed by atoms with van der Waals surface area (Å²) < 4.78 is 18.0. The minimum absolute atomic E-state index is 0.0267. The lowest BCUT2D eigenvalue weighted by atomic mass is 9.80. The number of hydrogen-bond acceptors (Lipinski definition) is 5. The van der Waals surface area contributed by atoms with Gasteiger partial charge in [0.25, 0.3) is 0 Å². The second kappa shape index (κ2) is 9.10. The Hall–Kier alpha value is 0.0169. The van der Waals surface area contributed by atoms with Crippen molar-refractivity contribution in [2.45, 2.75) is 90.6 Å². The molecular formula is C18H39NO4Si. The second-order valence-corrected chi connectivity index (χ2v) is 11.5. The Morgan fingerprint density at radius 3 is 1.92 bits per heavy atom. The van der Waals surface area contributed by atoms with Crippen molar-refractivity contribution in [2.24, 2.45) is 0 Å². The monoisotopic (exact) mass is 361 g/mol. The van der Waals surface area contributed by atoms with Crippen LogP contribution in [-0.4, -0.2) is 57.7 Å². The lowest BCUT2D eigenvalue weighted by Crippen LogP contribution is -2.61. The molecule has 0 radical (unpaired) electrons. The molecule has 0 aliphatic carbocycles. The van der Waals surface area contributed by atoms with E-state index in [1.165, 1.54) is 0 Å². The summed E-state index contributed by atoms with van der Waals surface area (Å²) in [5, 5.41) is 2.12. The molecule has 0 aromatic heterocycles. The molecule has 1 rings (SSSR count).